The van der Waals surface area contributed by atoms with Gasteiger partial charge in [0.25, 0.3) is 0 Å². The van der Waals surface area contributed by atoms with Crippen LogP contribution >= 0.6 is 23.2 Å². The van der Waals surface area contributed by atoms with E-state index in [2.05, 4.69) is 0 Å². The zero-order valence-corrected chi connectivity index (χ0v) is 11.1. The Morgan fingerprint density at radius 2 is 1.83 bits per heavy atom. The number of aryl methyl sites for hydroxylation is 1. The first kappa shape index (κ1) is 13.3. The summed E-state index contributed by atoms with van der Waals surface area (Å²) in [5.41, 5.74) is 1.63. The molecular weight excluding hydrogens is 274 g/mol. The first-order valence-electron chi connectivity index (χ1n) is 5.38. The third-order valence-corrected chi connectivity index (χ3v) is 3.41. The van der Waals surface area contributed by atoms with E-state index in [1.165, 1.54) is 12.1 Å². The Hall–Kier alpha value is -1.09. The predicted octanol–water partition coefficient (Wildman–Crippen LogP) is 4.52. The van der Waals surface area contributed by atoms with Gasteiger partial charge in [-0.15, -0.1) is 0 Å². The van der Waals surface area contributed by atoms with E-state index in [9.17, 15) is 9.50 Å². The van der Waals surface area contributed by atoms with Gasteiger partial charge < -0.3 is 5.11 Å². The summed E-state index contributed by atoms with van der Waals surface area (Å²) in [6.07, 6.45) is -1.03. The van der Waals surface area contributed by atoms with E-state index in [1.807, 2.05) is 6.92 Å². The average Bonchev–Trinajstić information content (AvgIpc) is 2.32. The smallest absolute Gasteiger partial charge is 0.130 e. The van der Waals surface area contributed by atoms with Gasteiger partial charge in [0.05, 0.1) is 0 Å². The first-order valence-corrected chi connectivity index (χ1v) is 6.13. The van der Waals surface area contributed by atoms with E-state index in [1.54, 1.807) is 24.3 Å². The topological polar surface area (TPSA) is 20.2 Å². The maximum absolute atomic E-state index is 13.7. The summed E-state index contributed by atoms with van der Waals surface area (Å²) in [5, 5.41) is 11.1. The molecule has 1 unspecified atom stereocenters. The fraction of sp³-hybridized carbons (Fsp3) is 0.143. The van der Waals surface area contributed by atoms with Gasteiger partial charge in [-0.1, -0.05) is 41.4 Å². The van der Waals surface area contributed by atoms with E-state index in [0.29, 0.717) is 15.6 Å². The number of aliphatic hydroxyl groups excluding tert-OH is 1. The maximum atomic E-state index is 13.7. The number of aliphatic hydroxyl groups is 1. The van der Waals surface area contributed by atoms with Crippen molar-refractivity contribution < 1.29 is 9.50 Å². The fourth-order valence-corrected chi connectivity index (χ4v) is 2.02. The van der Waals surface area contributed by atoms with E-state index in [0.717, 1.165) is 5.56 Å². The van der Waals surface area contributed by atoms with E-state index < -0.39 is 11.9 Å². The Morgan fingerprint density at radius 1 is 1.11 bits per heavy atom. The van der Waals surface area contributed by atoms with Crippen LogP contribution in [0.5, 0.6) is 0 Å². The van der Waals surface area contributed by atoms with Gasteiger partial charge in [-0.3, -0.25) is 0 Å². The third-order valence-electron chi connectivity index (χ3n) is 2.75. The molecule has 0 heterocycles. The van der Waals surface area contributed by atoms with Gasteiger partial charge in [0.15, 0.2) is 0 Å². The van der Waals surface area contributed by atoms with Gasteiger partial charge in [0, 0.05) is 15.6 Å². The molecular formula is C14H11Cl2FO. The minimum Gasteiger partial charge on any atom is -0.384 e. The zero-order valence-electron chi connectivity index (χ0n) is 9.62. The highest BCUT2D eigenvalue weighted by Gasteiger charge is 2.15. The lowest BCUT2D eigenvalue weighted by molar-refractivity contribution is 0.215. The second-order valence-electron chi connectivity index (χ2n) is 4.08. The van der Waals surface area contributed by atoms with Crippen molar-refractivity contribution in [1.29, 1.82) is 0 Å². The van der Waals surface area contributed by atoms with Crippen LogP contribution in [0, 0.1) is 12.7 Å². The molecule has 0 amide bonds. The van der Waals surface area contributed by atoms with E-state index in [4.69, 9.17) is 23.2 Å². The lowest BCUT2D eigenvalue weighted by Crippen LogP contribution is -2.03. The van der Waals surface area contributed by atoms with Crippen LogP contribution in [-0.4, -0.2) is 5.11 Å². The molecule has 0 aliphatic rings. The Kier molecular flexibility index (Phi) is 3.91. The van der Waals surface area contributed by atoms with Gasteiger partial charge in [0.1, 0.15) is 11.9 Å². The highest BCUT2D eigenvalue weighted by Crippen LogP contribution is 2.28. The molecule has 0 fully saturated rings. The van der Waals surface area contributed by atoms with Crippen molar-refractivity contribution in [1.82, 2.24) is 0 Å². The van der Waals surface area contributed by atoms with Crippen molar-refractivity contribution in [2.45, 2.75) is 13.0 Å². The van der Waals surface area contributed by atoms with Crippen LogP contribution in [0.2, 0.25) is 10.0 Å². The lowest BCUT2D eigenvalue weighted by Gasteiger charge is -2.13. The summed E-state index contributed by atoms with van der Waals surface area (Å²) in [4.78, 5) is 0. The largest absolute Gasteiger partial charge is 0.384 e. The molecule has 1 N–H and O–H groups in total. The summed E-state index contributed by atoms with van der Waals surface area (Å²) in [5.74, 6) is -0.525. The molecule has 0 saturated carbocycles. The number of hydrogen-bond donors (Lipinski definition) is 1. The number of halogens is 3. The van der Waals surface area contributed by atoms with Gasteiger partial charge >= 0.3 is 0 Å². The summed E-state index contributed by atoms with van der Waals surface area (Å²) < 4.78 is 13.7. The molecule has 1 nitrogen and oxygen atoms in total. The normalized spacial score (nSPS) is 12.5. The monoisotopic (exact) mass is 284 g/mol. The quantitative estimate of drug-likeness (QED) is 0.860. The molecule has 0 aliphatic carbocycles. The summed E-state index contributed by atoms with van der Waals surface area (Å²) in [7, 11) is 0. The molecule has 0 aliphatic heterocycles. The third kappa shape index (κ3) is 2.66. The molecule has 2 rings (SSSR count). The predicted molar refractivity (Wildman–Crippen MR) is 71.7 cm³/mol. The Morgan fingerprint density at radius 3 is 2.44 bits per heavy atom. The highest BCUT2D eigenvalue weighted by atomic mass is 35.5. The van der Waals surface area contributed by atoms with Gasteiger partial charge in [-0.25, -0.2) is 4.39 Å². The van der Waals surface area contributed by atoms with Gasteiger partial charge in [0.2, 0.25) is 0 Å². The van der Waals surface area contributed by atoms with Crippen LogP contribution in [0.4, 0.5) is 4.39 Å². The molecule has 0 saturated heterocycles. The molecule has 4 heteroatoms. The van der Waals surface area contributed by atoms with Gasteiger partial charge in [-0.2, -0.15) is 0 Å². The van der Waals surface area contributed by atoms with Gasteiger partial charge in [-0.05, 0) is 36.2 Å². The van der Waals surface area contributed by atoms with Crippen LogP contribution in [0.1, 0.15) is 22.8 Å². The van der Waals surface area contributed by atoms with E-state index >= 15 is 0 Å². The van der Waals surface area contributed by atoms with Crippen molar-refractivity contribution in [3.8, 4) is 0 Å². The van der Waals surface area contributed by atoms with Crippen molar-refractivity contribution in [2.24, 2.45) is 0 Å². The van der Waals surface area contributed by atoms with Crippen LogP contribution in [0.3, 0.4) is 0 Å². The van der Waals surface area contributed by atoms with Crippen molar-refractivity contribution in [3.05, 3.63) is 69.0 Å². The van der Waals surface area contributed by atoms with Crippen LogP contribution < -0.4 is 0 Å². The van der Waals surface area contributed by atoms with Crippen molar-refractivity contribution in [3.63, 3.8) is 0 Å². The number of rotatable bonds is 2. The Balaban J connectivity index is 2.41. The standard InChI is InChI=1S/C14H11Cl2FO/c1-8-6-9(2-5-12(8)16)14(18)11-4-3-10(15)7-13(11)17/h2-7,14,18H,1H3. The second kappa shape index (κ2) is 5.27. The molecule has 2 aromatic carbocycles. The molecule has 94 valence electrons. The number of hydrogen-bond acceptors (Lipinski definition) is 1. The lowest BCUT2D eigenvalue weighted by atomic mass is 9.99. The molecule has 1 atom stereocenters. The van der Waals surface area contributed by atoms with Crippen LogP contribution in [-0.2, 0) is 0 Å². The molecule has 0 bridgehead atoms. The minimum absolute atomic E-state index is 0.195. The van der Waals surface area contributed by atoms with Crippen LogP contribution in [0.25, 0.3) is 0 Å². The second-order valence-corrected chi connectivity index (χ2v) is 4.92. The summed E-state index contributed by atoms with van der Waals surface area (Å²) in [6, 6.07) is 9.31. The van der Waals surface area contributed by atoms with E-state index in [-0.39, 0.29) is 5.56 Å². The molecule has 0 aromatic heterocycles. The summed E-state index contributed by atoms with van der Waals surface area (Å²) in [6.45, 7) is 1.83. The fourth-order valence-electron chi connectivity index (χ4n) is 1.74. The minimum atomic E-state index is -1.03. The molecule has 0 radical (unpaired) electrons. The summed E-state index contributed by atoms with van der Waals surface area (Å²) >= 11 is 11.6. The molecule has 0 spiro atoms. The van der Waals surface area contributed by atoms with Crippen LogP contribution in [0.15, 0.2) is 36.4 Å². The first-order chi connectivity index (χ1) is 8.49. The maximum Gasteiger partial charge on any atom is 0.130 e. The highest BCUT2D eigenvalue weighted by molar-refractivity contribution is 6.31. The Bertz CT molecular complexity index is 584. The molecule has 2 aromatic rings. The Labute approximate surface area is 115 Å². The van der Waals surface area contributed by atoms with Crippen molar-refractivity contribution in [2.75, 3.05) is 0 Å². The SMILES string of the molecule is Cc1cc(C(O)c2ccc(Cl)cc2F)ccc1Cl. The average molecular weight is 285 g/mol. The van der Waals surface area contributed by atoms with Crippen molar-refractivity contribution >= 4 is 23.2 Å². The molecule has 18 heavy (non-hydrogen) atoms. The number of benzene rings is 2. The zero-order chi connectivity index (χ0) is 13.3.